The number of hydrogen-bond donors (Lipinski definition) is 2. The molecule has 0 aliphatic carbocycles. The van der Waals surface area contributed by atoms with Crippen LogP contribution in [0.1, 0.15) is 39.2 Å². The van der Waals surface area contributed by atoms with E-state index in [0.717, 1.165) is 44.1 Å². The number of rotatable bonds is 5. The summed E-state index contributed by atoms with van der Waals surface area (Å²) in [6, 6.07) is 6.64. The first kappa shape index (κ1) is 23.1. The summed E-state index contributed by atoms with van der Waals surface area (Å²) >= 11 is 0. The third-order valence-corrected chi connectivity index (χ3v) is 4.67. The molecule has 1 saturated heterocycles. The van der Waals surface area contributed by atoms with E-state index in [1.165, 1.54) is 18.6 Å². The third-order valence-electron chi connectivity index (χ3n) is 4.67. The molecule has 0 amide bonds. The smallest absolute Gasteiger partial charge is 0.190 e. The molecule has 0 spiro atoms. The molecule has 1 fully saturated rings. The molecule has 2 N–H and O–H groups in total. The first-order chi connectivity index (χ1) is 11.9. The molecule has 1 aliphatic heterocycles. The third kappa shape index (κ3) is 7.39. The van der Waals surface area contributed by atoms with E-state index in [4.69, 9.17) is 4.74 Å². The van der Waals surface area contributed by atoms with Crippen LogP contribution in [0.4, 0.5) is 4.39 Å². The van der Waals surface area contributed by atoms with Gasteiger partial charge in [-0.05, 0) is 42.4 Å². The van der Waals surface area contributed by atoms with E-state index < -0.39 is 0 Å². The minimum atomic E-state index is -0.197. The number of benzene rings is 1. The van der Waals surface area contributed by atoms with E-state index in [0.29, 0.717) is 5.92 Å². The van der Waals surface area contributed by atoms with Gasteiger partial charge in [-0.25, -0.2) is 4.39 Å². The molecule has 0 bridgehead atoms. The highest BCUT2D eigenvalue weighted by Gasteiger charge is 2.35. The molecular weight excluding hydrogens is 444 g/mol. The number of halogens is 2. The Morgan fingerprint density at radius 1 is 1.23 bits per heavy atom. The lowest BCUT2D eigenvalue weighted by Crippen LogP contribution is -2.47. The van der Waals surface area contributed by atoms with Crippen LogP contribution in [0.15, 0.2) is 29.3 Å². The zero-order valence-electron chi connectivity index (χ0n) is 16.3. The van der Waals surface area contributed by atoms with Gasteiger partial charge in [0.25, 0.3) is 0 Å². The van der Waals surface area contributed by atoms with Crippen molar-refractivity contribution < 1.29 is 9.13 Å². The van der Waals surface area contributed by atoms with Gasteiger partial charge >= 0.3 is 0 Å². The zero-order valence-corrected chi connectivity index (χ0v) is 18.7. The largest absolute Gasteiger partial charge is 0.377 e. The van der Waals surface area contributed by atoms with Crippen molar-refractivity contribution in [3.05, 3.63) is 35.6 Å². The Morgan fingerprint density at radius 2 is 1.92 bits per heavy atom. The van der Waals surface area contributed by atoms with Crippen molar-refractivity contribution in [2.75, 3.05) is 26.7 Å². The Kier molecular flexibility index (Phi) is 9.85. The first-order valence-electron chi connectivity index (χ1n) is 9.20. The van der Waals surface area contributed by atoms with Gasteiger partial charge in [-0.3, -0.25) is 4.99 Å². The predicted molar refractivity (Wildman–Crippen MR) is 117 cm³/mol. The van der Waals surface area contributed by atoms with Gasteiger partial charge in [-0.2, -0.15) is 0 Å². The Morgan fingerprint density at radius 3 is 2.54 bits per heavy atom. The van der Waals surface area contributed by atoms with Gasteiger partial charge in [0.2, 0.25) is 0 Å². The van der Waals surface area contributed by atoms with Gasteiger partial charge in [0.15, 0.2) is 5.96 Å². The monoisotopic (exact) mass is 477 g/mol. The molecule has 2 rings (SSSR count). The second-order valence-electron chi connectivity index (χ2n) is 7.82. The topological polar surface area (TPSA) is 45.7 Å². The standard InChI is InChI=1S/C20H32FN3O.HI/c1-20(2,3)18-16(6-5-13-25-18)14-24-19(22-4)23-12-11-15-7-9-17(21)10-8-15;/h7-10,16,18H,5-6,11-14H2,1-4H3,(H2,22,23,24);1H. The second-order valence-corrected chi connectivity index (χ2v) is 7.82. The predicted octanol–water partition coefficient (Wildman–Crippen LogP) is 3.99. The summed E-state index contributed by atoms with van der Waals surface area (Å²) in [5.74, 6) is 1.10. The molecule has 6 heteroatoms. The van der Waals surface area contributed by atoms with Crippen LogP contribution in [0, 0.1) is 17.2 Å². The Labute approximate surface area is 174 Å². The van der Waals surface area contributed by atoms with Crippen LogP contribution >= 0.6 is 24.0 Å². The van der Waals surface area contributed by atoms with Gasteiger partial charge in [0.1, 0.15) is 5.82 Å². The number of hydrogen-bond acceptors (Lipinski definition) is 2. The zero-order chi connectivity index (χ0) is 18.3. The SMILES string of the molecule is CN=C(NCCc1ccc(F)cc1)NCC1CCCOC1C(C)(C)C.I. The number of aliphatic imine (C=N–C) groups is 1. The van der Waals surface area contributed by atoms with Crippen LogP contribution in [0.5, 0.6) is 0 Å². The summed E-state index contributed by atoms with van der Waals surface area (Å²) in [5, 5.41) is 6.77. The molecule has 2 unspecified atom stereocenters. The summed E-state index contributed by atoms with van der Waals surface area (Å²) in [6.45, 7) is 9.21. The van der Waals surface area contributed by atoms with Crippen LogP contribution in [0.2, 0.25) is 0 Å². The molecule has 0 saturated carbocycles. The Balaban J connectivity index is 0.00000338. The number of ether oxygens (including phenoxy) is 1. The average Bonchev–Trinajstić information content (AvgIpc) is 2.59. The summed E-state index contributed by atoms with van der Waals surface area (Å²) < 4.78 is 19.0. The lowest BCUT2D eigenvalue weighted by atomic mass is 9.78. The molecular formula is C20H33FIN3O. The summed E-state index contributed by atoms with van der Waals surface area (Å²) in [7, 11) is 1.78. The van der Waals surface area contributed by atoms with Gasteiger partial charge in [-0.15, -0.1) is 24.0 Å². The maximum absolute atomic E-state index is 12.9. The molecule has 26 heavy (non-hydrogen) atoms. The number of nitrogens with one attached hydrogen (secondary N) is 2. The maximum Gasteiger partial charge on any atom is 0.190 e. The summed E-state index contributed by atoms with van der Waals surface area (Å²) in [6.07, 6.45) is 3.40. The van der Waals surface area contributed by atoms with E-state index in [2.05, 4.69) is 36.4 Å². The van der Waals surface area contributed by atoms with Crippen molar-refractivity contribution in [2.45, 2.75) is 46.1 Å². The van der Waals surface area contributed by atoms with Crippen molar-refractivity contribution in [2.24, 2.45) is 16.3 Å². The quantitative estimate of drug-likeness (QED) is 0.383. The maximum atomic E-state index is 12.9. The summed E-state index contributed by atoms with van der Waals surface area (Å²) in [4.78, 5) is 4.30. The van der Waals surface area contributed by atoms with Crippen molar-refractivity contribution in [1.82, 2.24) is 10.6 Å². The number of nitrogens with zero attached hydrogens (tertiary/aromatic N) is 1. The van der Waals surface area contributed by atoms with Crippen molar-refractivity contribution >= 4 is 29.9 Å². The van der Waals surface area contributed by atoms with E-state index in [1.54, 1.807) is 7.05 Å². The minimum absolute atomic E-state index is 0. The van der Waals surface area contributed by atoms with Gasteiger partial charge in [-0.1, -0.05) is 32.9 Å². The van der Waals surface area contributed by atoms with Crippen molar-refractivity contribution in [3.8, 4) is 0 Å². The lowest BCUT2D eigenvalue weighted by Gasteiger charge is -2.40. The van der Waals surface area contributed by atoms with Gasteiger partial charge in [0, 0.05) is 32.7 Å². The van der Waals surface area contributed by atoms with Crippen molar-refractivity contribution in [3.63, 3.8) is 0 Å². The molecule has 1 aliphatic rings. The van der Waals surface area contributed by atoms with Crippen LogP contribution in [-0.2, 0) is 11.2 Å². The lowest BCUT2D eigenvalue weighted by molar-refractivity contribution is -0.0835. The fraction of sp³-hybridized carbons (Fsp3) is 0.650. The highest BCUT2D eigenvalue weighted by atomic mass is 127. The van der Waals surface area contributed by atoms with Crippen molar-refractivity contribution in [1.29, 1.82) is 0 Å². The molecule has 148 valence electrons. The van der Waals surface area contributed by atoms with Crippen LogP contribution in [0.25, 0.3) is 0 Å². The number of guanidine groups is 1. The van der Waals surface area contributed by atoms with E-state index in [1.807, 2.05) is 12.1 Å². The van der Waals surface area contributed by atoms with E-state index in [9.17, 15) is 4.39 Å². The van der Waals surface area contributed by atoms with E-state index in [-0.39, 0.29) is 41.3 Å². The normalized spacial score (nSPS) is 21.0. The first-order valence-corrected chi connectivity index (χ1v) is 9.20. The Bertz CT molecular complexity index is 557. The van der Waals surface area contributed by atoms with Crippen LogP contribution in [0.3, 0.4) is 0 Å². The van der Waals surface area contributed by atoms with Crippen LogP contribution < -0.4 is 10.6 Å². The fourth-order valence-electron chi connectivity index (χ4n) is 3.43. The fourth-order valence-corrected chi connectivity index (χ4v) is 3.43. The van der Waals surface area contributed by atoms with Crippen LogP contribution in [-0.4, -0.2) is 38.8 Å². The molecule has 2 atom stereocenters. The molecule has 1 heterocycles. The van der Waals surface area contributed by atoms with E-state index >= 15 is 0 Å². The molecule has 0 aromatic heterocycles. The summed E-state index contributed by atoms with van der Waals surface area (Å²) in [5.41, 5.74) is 1.25. The minimum Gasteiger partial charge on any atom is -0.377 e. The highest BCUT2D eigenvalue weighted by molar-refractivity contribution is 14.0. The van der Waals surface area contributed by atoms with Gasteiger partial charge < -0.3 is 15.4 Å². The Hall–Kier alpha value is -0.890. The van der Waals surface area contributed by atoms with Gasteiger partial charge in [0.05, 0.1) is 6.10 Å². The molecule has 1 aromatic carbocycles. The highest BCUT2D eigenvalue weighted by Crippen LogP contribution is 2.33. The molecule has 1 aromatic rings. The average molecular weight is 477 g/mol. The molecule has 0 radical (unpaired) electrons. The second kappa shape index (κ2) is 11.1. The molecule has 4 nitrogen and oxygen atoms in total.